The molecule has 1 aliphatic heterocycles. The van der Waals surface area contributed by atoms with Crippen molar-refractivity contribution in [2.45, 2.75) is 32.2 Å². The number of rotatable bonds is 4. The van der Waals surface area contributed by atoms with Crippen LogP contribution in [0.15, 0.2) is 64.9 Å². The molecule has 0 bridgehead atoms. The number of sulfone groups is 1. The van der Waals surface area contributed by atoms with Crippen LogP contribution in [0.4, 0.5) is 0 Å². The van der Waals surface area contributed by atoms with E-state index in [9.17, 15) is 8.42 Å². The molecule has 0 spiro atoms. The highest BCUT2D eigenvalue weighted by atomic mass is 32.2. The minimum atomic E-state index is -3.48. The average Bonchev–Trinajstić information content (AvgIpc) is 2.96. The summed E-state index contributed by atoms with van der Waals surface area (Å²) < 4.78 is 27.3. The van der Waals surface area contributed by atoms with Gasteiger partial charge >= 0.3 is 0 Å². The summed E-state index contributed by atoms with van der Waals surface area (Å²) in [7, 11) is -3.48. The van der Waals surface area contributed by atoms with E-state index in [1.54, 1.807) is 12.3 Å². The molecule has 0 radical (unpaired) electrons. The topological polar surface area (TPSA) is 73.2 Å². The van der Waals surface area contributed by atoms with Gasteiger partial charge in [-0.25, -0.2) is 18.9 Å². The average molecular weight is 410 g/mol. The number of imidazole rings is 1. The molecule has 2 aromatic carbocycles. The number of aromatic nitrogens is 2. The first kappa shape index (κ1) is 19.3. The van der Waals surface area contributed by atoms with Crippen LogP contribution in [-0.4, -0.2) is 24.2 Å². The van der Waals surface area contributed by atoms with Crippen LogP contribution in [0.5, 0.6) is 0 Å². The Balaban J connectivity index is 2.00. The molecule has 6 nitrogen and oxygen atoms in total. The first-order valence-electron chi connectivity index (χ1n) is 9.31. The fourth-order valence-electron chi connectivity index (χ4n) is 3.74. The summed E-state index contributed by atoms with van der Waals surface area (Å²) in [4.78, 5) is 10.3. The molecule has 7 heteroatoms. The quantitative estimate of drug-likeness (QED) is 0.706. The summed E-state index contributed by atoms with van der Waals surface area (Å²) in [5, 5.41) is 0. The number of fused-ring (bicyclic) bond motifs is 1. The van der Waals surface area contributed by atoms with E-state index in [1.165, 1.54) is 6.26 Å². The van der Waals surface area contributed by atoms with Gasteiger partial charge in [-0.15, -0.1) is 0 Å². The molecule has 0 saturated heterocycles. The molecule has 0 fully saturated rings. The van der Waals surface area contributed by atoms with Crippen LogP contribution in [0, 0.1) is 6.92 Å². The van der Waals surface area contributed by atoms with Crippen molar-refractivity contribution in [2.75, 3.05) is 6.26 Å². The van der Waals surface area contributed by atoms with Gasteiger partial charge in [0.15, 0.2) is 9.84 Å². The predicted octanol–water partition coefficient (Wildman–Crippen LogP) is 3.97. The number of hydrogen-bond acceptors (Lipinski definition) is 5. The Bertz CT molecular complexity index is 1270. The van der Waals surface area contributed by atoms with Crippen LogP contribution < -0.4 is 5.48 Å². The second-order valence-electron chi connectivity index (χ2n) is 7.32. The molecular formula is C22H23N3O3S. The van der Waals surface area contributed by atoms with Crippen LogP contribution in [0.25, 0.3) is 16.6 Å². The van der Waals surface area contributed by atoms with Crippen LogP contribution in [0.2, 0.25) is 0 Å². The van der Waals surface area contributed by atoms with Gasteiger partial charge in [0, 0.05) is 24.6 Å². The summed E-state index contributed by atoms with van der Waals surface area (Å²) in [5.74, 6) is 1.46. The maximum atomic E-state index is 12.6. The summed E-state index contributed by atoms with van der Waals surface area (Å²) in [6.45, 7) is 6.33. The highest BCUT2D eigenvalue weighted by Gasteiger charge is 2.23. The molecule has 150 valence electrons. The zero-order valence-corrected chi connectivity index (χ0v) is 17.7. The Morgan fingerprint density at radius 2 is 1.83 bits per heavy atom. The molecule has 0 saturated carbocycles. The fraction of sp³-hybridized carbons (Fsp3) is 0.227. The molecule has 4 rings (SSSR count). The molecule has 3 aromatic rings. The molecule has 1 aliphatic rings. The number of hydrogen-bond donors (Lipinski definition) is 1. The predicted molar refractivity (Wildman–Crippen MR) is 114 cm³/mol. The van der Waals surface area contributed by atoms with Crippen molar-refractivity contribution < 1.29 is 13.3 Å². The maximum absolute atomic E-state index is 12.6. The maximum Gasteiger partial charge on any atom is 0.177 e. The number of benzene rings is 2. The van der Waals surface area contributed by atoms with Gasteiger partial charge in [0.2, 0.25) is 0 Å². The third-order valence-electron chi connectivity index (χ3n) is 5.12. The van der Waals surface area contributed by atoms with Gasteiger partial charge in [-0.3, -0.25) is 0 Å². The van der Waals surface area contributed by atoms with Crippen molar-refractivity contribution in [3.05, 3.63) is 76.9 Å². The van der Waals surface area contributed by atoms with E-state index in [-0.39, 0.29) is 4.90 Å². The largest absolute Gasteiger partial charge is 0.387 e. The standard InChI is InChI=1S/C22H23N3O3S/c1-14-12-23-28-15(2)21(14)18-10-19-22(20(11-18)29(4,26)27)24-16(3)25(19)13-17-8-6-5-7-9-17/h5-12,23H,13H2,1-4H3. The third kappa shape index (κ3) is 3.53. The van der Waals surface area contributed by atoms with Crippen molar-refractivity contribution >= 4 is 26.4 Å². The number of nitrogens with zero attached hydrogens (tertiary/aromatic N) is 2. The Morgan fingerprint density at radius 1 is 1.10 bits per heavy atom. The number of allylic oxidation sites excluding steroid dienone is 3. The zero-order chi connectivity index (χ0) is 20.8. The van der Waals surface area contributed by atoms with E-state index in [0.29, 0.717) is 17.8 Å². The smallest absolute Gasteiger partial charge is 0.177 e. The minimum absolute atomic E-state index is 0.228. The molecule has 0 atom stereocenters. The van der Waals surface area contributed by atoms with Gasteiger partial charge in [0.05, 0.1) is 10.4 Å². The molecule has 1 N–H and O–H groups in total. The minimum Gasteiger partial charge on any atom is -0.387 e. The molecule has 29 heavy (non-hydrogen) atoms. The lowest BCUT2D eigenvalue weighted by Gasteiger charge is -2.19. The van der Waals surface area contributed by atoms with E-state index in [0.717, 1.165) is 33.6 Å². The van der Waals surface area contributed by atoms with Crippen LogP contribution in [0.3, 0.4) is 0 Å². The molecule has 0 aliphatic carbocycles. The van der Waals surface area contributed by atoms with E-state index in [1.807, 2.05) is 57.2 Å². The summed E-state index contributed by atoms with van der Waals surface area (Å²) in [6.07, 6.45) is 2.99. The van der Waals surface area contributed by atoms with Crippen molar-refractivity contribution in [2.24, 2.45) is 0 Å². The first-order valence-corrected chi connectivity index (χ1v) is 11.2. The lowest BCUT2D eigenvalue weighted by atomic mass is 9.97. The Hall–Kier alpha value is -3.06. The van der Waals surface area contributed by atoms with E-state index >= 15 is 0 Å². The second-order valence-corrected chi connectivity index (χ2v) is 9.31. The van der Waals surface area contributed by atoms with E-state index in [4.69, 9.17) is 4.84 Å². The normalized spacial score (nSPS) is 14.6. The van der Waals surface area contributed by atoms with Crippen LogP contribution >= 0.6 is 0 Å². The first-order chi connectivity index (χ1) is 13.8. The lowest BCUT2D eigenvalue weighted by Crippen LogP contribution is -2.13. The summed E-state index contributed by atoms with van der Waals surface area (Å²) >= 11 is 0. The van der Waals surface area contributed by atoms with Crippen molar-refractivity contribution in [3.63, 3.8) is 0 Å². The van der Waals surface area contributed by atoms with E-state index in [2.05, 4.69) is 15.0 Å². The number of hydroxylamine groups is 1. The highest BCUT2D eigenvalue weighted by molar-refractivity contribution is 7.91. The van der Waals surface area contributed by atoms with Gasteiger partial charge in [0.1, 0.15) is 17.1 Å². The molecular weight excluding hydrogens is 386 g/mol. The van der Waals surface area contributed by atoms with Crippen LogP contribution in [-0.2, 0) is 21.2 Å². The van der Waals surface area contributed by atoms with Gasteiger partial charge in [-0.05, 0) is 49.6 Å². The van der Waals surface area contributed by atoms with Gasteiger partial charge < -0.3 is 9.40 Å². The Labute approximate surface area is 170 Å². The molecule has 1 aromatic heterocycles. The summed E-state index contributed by atoms with van der Waals surface area (Å²) in [6, 6.07) is 13.8. The van der Waals surface area contributed by atoms with Crippen LogP contribution in [0.1, 0.15) is 30.8 Å². The van der Waals surface area contributed by atoms with E-state index < -0.39 is 9.84 Å². The second kappa shape index (κ2) is 7.08. The fourth-order valence-corrected chi connectivity index (χ4v) is 4.58. The van der Waals surface area contributed by atoms with Crippen molar-refractivity contribution in [3.8, 4) is 0 Å². The SMILES string of the molecule is CC1=CNOC(C)=C1c1cc(S(C)(=O)=O)c2nc(C)n(Cc3ccccc3)c2c1. The molecule has 0 unspecified atom stereocenters. The van der Waals surface area contributed by atoms with Gasteiger partial charge in [-0.2, -0.15) is 0 Å². The molecule has 0 amide bonds. The third-order valence-corrected chi connectivity index (χ3v) is 6.23. The summed E-state index contributed by atoms with van der Waals surface area (Å²) in [5.41, 5.74) is 7.81. The zero-order valence-electron chi connectivity index (χ0n) is 16.9. The van der Waals surface area contributed by atoms with Gasteiger partial charge in [-0.1, -0.05) is 30.3 Å². The lowest BCUT2D eigenvalue weighted by molar-refractivity contribution is 0.141. The number of aryl methyl sites for hydroxylation is 1. The Kier molecular flexibility index (Phi) is 4.70. The molecule has 2 heterocycles. The monoisotopic (exact) mass is 409 g/mol. The highest BCUT2D eigenvalue weighted by Crippen LogP contribution is 2.34. The van der Waals surface area contributed by atoms with Crippen molar-refractivity contribution in [1.82, 2.24) is 15.0 Å². The van der Waals surface area contributed by atoms with Gasteiger partial charge in [0.25, 0.3) is 0 Å². The number of nitrogens with one attached hydrogen (secondary N) is 1. The Morgan fingerprint density at radius 3 is 2.48 bits per heavy atom. The van der Waals surface area contributed by atoms with Crippen molar-refractivity contribution in [1.29, 1.82) is 0 Å².